The molecule has 0 aromatic carbocycles. The molecule has 1 saturated carbocycles. The maximum atomic E-state index is 3.79. The molecule has 0 aromatic heterocycles. The molecule has 5 atom stereocenters. The smallest absolute Gasteiger partial charge is 0.0108 e. The lowest BCUT2D eigenvalue weighted by Gasteiger charge is -2.44. The Hall–Kier alpha value is -0.0800. The van der Waals surface area contributed by atoms with Gasteiger partial charge in [0.2, 0.25) is 0 Å². The third-order valence-electron chi connectivity index (χ3n) is 6.23. The van der Waals surface area contributed by atoms with Gasteiger partial charge in [0.1, 0.15) is 0 Å². The van der Waals surface area contributed by atoms with Crippen LogP contribution >= 0.6 is 0 Å². The highest BCUT2D eigenvalue weighted by molar-refractivity contribution is 4.89. The Morgan fingerprint density at radius 1 is 1.10 bits per heavy atom. The predicted octanol–water partition coefficient (Wildman–Crippen LogP) is 4.30. The minimum absolute atomic E-state index is 0.771. The summed E-state index contributed by atoms with van der Waals surface area (Å²) in [7, 11) is 0. The monoisotopic (exact) mass is 294 g/mol. The van der Waals surface area contributed by atoms with Crippen molar-refractivity contribution in [3.63, 3.8) is 0 Å². The van der Waals surface area contributed by atoms with Gasteiger partial charge in [-0.25, -0.2) is 0 Å². The van der Waals surface area contributed by atoms with Gasteiger partial charge in [-0.05, 0) is 69.9 Å². The van der Waals surface area contributed by atoms with Crippen LogP contribution in [-0.4, -0.2) is 36.6 Å². The molecule has 0 radical (unpaired) electrons. The van der Waals surface area contributed by atoms with Crippen LogP contribution in [0.5, 0.6) is 0 Å². The second-order valence-electron chi connectivity index (χ2n) is 7.75. The van der Waals surface area contributed by atoms with E-state index in [1.54, 1.807) is 0 Å². The summed E-state index contributed by atoms with van der Waals surface area (Å²) in [5.74, 6) is 2.75. The number of nitrogens with one attached hydrogen (secondary N) is 1. The second kappa shape index (κ2) is 8.53. The number of nitrogens with zero attached hydrogens (tertiary/aromatic N) is 1. The summed E-state index contributed by atoms with van der Waals surface area (Å²) in [4.78, 5) is 2.80. The number of piperidine rings is 1. The van der Waals surface area contributed by atoms with Crippen molar-refractivity contribution in [2.75, 3.05) is 19.6 Å². The van der Waals surface area contributed by atoms with Gasteiger partial charge in [0.15, 0.2) is 0 Å². The molecule has 124 valence electrons. The lowest BCUT2D eigenvalue weighted by atomic mass is 9.75. The van der Waals surface area contributed by atoms with E-state index in [4.69, 9.17) is 0 Å². The SMILES string of the molecule is CCCC1CCC(NCC)C(CN2CCCC(C)C2C)C1. The van der Waals surface area contributed by atoms with E-state index in [1.165, 1.54) is 58.0 Å². The first-order valence-electron chi connectivity index (χ1n) is 9.63. The Kier molecular flexibility index (Phi) is 7.01. The van der Waals surface area contributed by atoms with Crippen LogP contribution in [0.4, 0.5) is 0 Å². The molecule has 1 N–H and O–H groups in total. The molecule has 2 aliphatic rings. The van der Waals surface area contributed by atoms with E-state index in [1.807, 2.05) is 0 Å². The van der Waals surface area contributed by atoms with E-state index in [9.17, 15) is 0 Å². The van der Waals surface area contributed by atoms with Crippen LogP contribution < -0.4 is 5.32 Å². The van der Waals surface area contributed by atoms with Gasteiger partial charge in [0.05, 0.1) is 0 Å². The first-order chi connectivity index (χ1) is 10.2. The maximum Gasteiger partial charge on any atom is 0.0108 e. The summed E-state index contributed by atoms with van der Waals surface area (Å²) in [5.41, 5.74) is 0. The fourth-order valence-corrected chi connectivity index (χ4v) is 4.74. The summed E-state index contributed by atoms with van der Waals surface area (Å²) in [6.07, 6.45) is 9.96. The highest BCUT2D eigenvalue weighted by Gasteiger charge is 2.33. The van der Waals surface area contributed by atoms with Gasteiger partial charge in [-0.2, -0.15) is 0 Å². The topological polar surface area (TPSA) is 15.3 Å². The zero-order chi connectivity index (χ0) is 15.2. The van der Waals surface area contributed by atoms with Crippen molar-refractivity contribution >= 4 is 0 Å². The summed E-state index contributed by atoms with van der Waals surface area (Å²) < 4.78 is 0. The number of rotatable bonds is 6. The van der Waals surface area contributed by atoms with E-state index in [-0.39, 0.29) is 0 Å². The van der Waals surface area contributed by atoms with Crippen LogP contribution in [0.25, 0.3) is 0 Å². The summed E-state index contributed by atoms with van der Waals surface area (Å²) in [6.45, 7) is 13.3. The molecule has 1 saturated heterocycles. The molecule has 5 unspecified atom stereocenters. The molecule has 0 spiro atoms. The fraction of sp³-hybridized carbons (Fsp3) is 1.00. The van der Waals surface area contributed by atoms with Crippen molar-refractivity contribution in [3.05, 3.63) is 0 Å². The largest absolute Gasteiger partial charge is 0.314 e. The predicted molar refractivity (Wildman–Crippen MR) is 92.6 cm³/mol. The van der Waals surface area contributed by atoms with Gasteiger partial charge in [-0.15, -0.1) is 0 Å². The molecule has 2 fully saturated rings. The van der Waals surface area contributed by atoms with Gasteiger partial charge in [-0.3, -0.25) is 0 Å². The number of hydrogen-bond acceptors (Lipinski definition) is 2. The van der Waals surface area contributed by atoms with E-state index in [0.717, 1.165) is 36.4 Å². The van der Waals surface area contributed by atoms with Crippen molar-refractivity contribution in [3.8, 4) is 0 Å². The molecule has 0 aromatic rings. The molecule has 2 nitrogen and oxygen atoms in total. The van der Waals surface area contributed by atoms with E-state index >= 15 is 0 Å². The maximum absolute atomic E-state index is 3.79. The highest BCUT2D eigenvalue weighted by atomic mass is 15.2. The van der Waals surface area contributed by atoms with Crippen LogP contribution in [0, 0.1) is 17.8 Å². The minimum Gasteiger partial charge on any atom is -0.314 e. The Morgan fingerprint density at radius 3 is 2.62 bits per heavy atom. The quantitative estimate of drug-likeness (QED) is 0.785. The lowest BCUT2D eigenvalue weighted by molar-refractivity contribution is 0.0662. The summed E-state index contributed by atoms with van der Waals surface area (Å²) in [5, 5.41) is 3.79. The van der Waals surface area contributed by atoms with Crippen molar-refractivity contribution in [2.24, 2.45) is 17.8 Å². The third-order valence-corrected chi connectivity index (χ3v) is 6.23. The van der Waals surface area contributed by atoms with Crippen LogP contribution in [-0.2, 0) is 0 Å². The van der Waals surface area contributed by atoms with Crippen molar-refractivity contribution in [2.45, 2.75) is 84.7 Å². The van der Waals surface area contributed by atoms with Crippen LogP contribution in [0.15, 0.2) is 0 Å². The Balaban J connectivity index is 1.94. The molecule has 0 bridgehead atoms. The Labute approximate surface area is 133 Å². The number of hydrogen-bond donors (Lipinski definition) is 1. The minimum atomic E-state index is 0.771. The van der Waals surface area contributed by atoms with Crippen LogP contribution in [0.1, 0.15) is 72.6 Å². The standard InChI is InChI=1S/C19H38N2/c1-5-8-17-10-11-19(20-6-2)18(13-17)14-21-12-7-9-15(3)16(21)4/h15-20H,5-14H2,1-4H3. The highest BCUT2D eigenvalue weighted by Crippen LogP contribution is 2.34. The lowest BCUT2D eigenvalue weighted by Crippen LogP contribution is -2.50. The summed E-state index contributed by atoms with van der Waals surface area (Å²) in [6, 6.07) is 1.56. The third kappa shape index (κ3) is 4.69. The average molecular weight is 295 g/mol. The summed E-state index contributed by atoms with van der Waals surface area (Å²) >= 11 is 0. The molecule has 2 heteroatoms. The molecule has 2 rings (SSSR count). The molecule has 21 heavy (non-hydrogen) atoms. The van der Waals surface area contributed by atoms with Crippen LogP contribution in [0.3, 0.4) is 0 Å². The zero-order valence-corrected chi connectivity index (χ0v) is 14.9. The second-order valence-corrected chi connectivity index (χ2v) is 7.75. The number of likely N-dealkylation sites (tertiary alicyclic amines) is 1. The Bertz CT molecular complexity index is 291. The normalized spacial score (nSPS) is 38.6. The molecular formula is C19H38N2. The first kappa shape index (κ1) is 17.3. The zero-order valence-electron chi connectivity index (χ0n) is 14.9. The molecular weight excluding hydrogens is 256 g/mol. The fourth-order valence-electron chi connectivity index (χ4n) is 4.74. The average Bonchev–Trinajstić information content (AvgIpc) is 2.47. The van der Waals surface area contributed by atoms with E-state index in [2.05, 4.69) is 37.9 Å². The molecule has 1 aliphatic heterocycles. The van der Waals surface area contributed by atoms with Gasteiger partial charge in [-0.1, -0.05) is 33.6 Å². The van der Waals surface area contributed by atoms with Gasteiger partial charge in [0.25, 0.3) is 0 Å². The van der Waals surface area contributed by atoms with E-state index in [0.29, 0.717) is 0 Å². The van der Waals surface area contributed by atoms with Crippen molar-refractivity contribution in [1.29, 1.82) is 0 Å². The van der Waals surface area contributed by atoms with E-state index < -0.39 is 0 Å². The van der Waals surface area contributed by atoms with Crippen molar-refractivity contribution < 1.29 is 0 Å². The molecule has 0 amide bonds. The van der Waals surface area contributed by atoms with Crippen molar-refractivity contribution in [1.82, 2.24) is 10.2 Å². The first-order valence-corrected chi connectivity index (χ1v) is 9.63. The Morgan fingerprint density at radius 2 is 1.90 bits per heavy atom. The van der Waals surface area contributed by atoms with Gasteiger partial charge in [0, 0.05) is 18.6 Å². The molecule has 1 heterocycles. The molecule has 1 aliphatic carbocycles. The van der Waals surface area contributed by atoms with Gasteiger partial charge < -0.3 is 10.2 Å². The van der Waals surface area contributed by atoms with Crippen LogP contribution in [0.2, 0.25) is 0 Å². The van der Waals surface area contributed by atoms with Gasteiger partial charge >= 0.3 is 0 Å².